The molecule has 0 N–H and O–H groups in total. The van der Waals surface area contributed by atoms with Crippen molar-refractivity contribution in [3.63, 3.8) is 0 Å². The molecule has 2 fully saturated rings. The highest BCUT2D eigenvalue weighted by Gasteiger charge is 2.34. The summed E-state index contributed by atoms with van der Waals surface area (Å²) in [5, 5.41) is 10.6. The number of carbonyl (C=O) groups is 1. The van der Waals surface area contributed by atoms with Gasteiger partial charge < -0.3 is 0 Å². The number of nitro groups is 1. The fourth-order valence-electron chi connectivity index (χ4n) is 2.46. The quantitative estimate of drug-likeness (QED) is 0.435. The second-order valence-electron chi connectivity index (χ2n) is 5.83. The van der Waals surface area contributed by atoms with Crippen LogP contribution in [0.5, 0.6) is 0 Å². The summed E-state index contributed by atoms with van der Waals surface area (Å²) >= 11 is 0. The predicted octanol–water partition coefficient (Wildman–Crippen LogP) is 2.65. The van der Waals surface area contributed by atoms with Gasteiger partial charge in [-0.2, -0.15) is 0 Å². The van der Waals surface area contributed by atoms with E-state index in [2.05, 4.69) is 4.90 Å². The van der Waals surface area contributed by atoms with Crippen LogP contribution in [0.25, 0.3) is 0 Å². The molecule has 20 heavy (non-hydrogen) atoms. The van der Waals surface area contributed by atoms with Crippen molar-refractivity contribution in [3.8, 4) is 0 Å². The molecular weight excluding hydrogens is 256 g/mol. The van der Waals surface area contributed by atoms with E-state index in [4.69, 9.17) is 0 Å². The molecule has 0 aliphatic heterocycles. The lowest BCUT2D eigenvalue weighted by molar-refractivity contribution is -0.384. The molecular formula is C15H18N2O3. The monoisotopic (exact) mass is 274 g/mol. The Balaban J connectivity index is 1.63. The molecule has 0 heterocycles. The van der Waals surface area contributed by atoms with E-state index in [1.807, 2.05) is 0 Å². The average molecular weight is 274 g/mol. The Hall–Kier alpha value is -1.75. The SMILES string of the molecule is O=C(CN(CC1CC1)C1CC1)c1ccc([N+](=O)[O-])cc1. The van der Waals surface area contributed by atoms with Gasteiger partial charge in [-0.1, -0.05) is 0 Å². The zero-order chi connectivity index (χ0) is 14.1. The molecule has 2 aliphatic carbocycles. The second-order valence-corrected chi connectivity index (χ2v) is 5.83. The Morgan fingerprint density at radius 1 is 1.20 bits per heavy atom. The van der Waals surface area contributed by atoms with Crippen molar-refractivity contribution in [1.82, 2.24) is 4.90 Å². The molecule has 5 heteroatoms. The minimum absolute atomic E-state index is 0.0265. The van der Waals surface area contributed by atoms with Crippen LogP contribution in [0.1, 0.15) is 36.0 Å². The number of Topliss-reactive ketones (excluding diaryl/α,β-unsaturated/α-hetero) is 1. The maximum Gasteiger partial charge on any atom is 0.269 e. The first-order valence-electron chi connectivity index (χ1n) is 7.15. The molecule has 0 unspecified atom stereocenters. The third kappa shape index (κ3) is 3.22. The Bertz CT molecular complexity index is 518. The first-order chi connectivity index (χ1) is 9.63. The van der Waals surface area contributed by atoms with Gasteiger partial charge in [-0.3, -0.25) is 19.8 Å². The number of ketones is 1. The van der Waals surface area contributed by atoms with Crippen LogP contribution in [0.4, 0.5) is 5.69 Å². The molecule has 106 valence electrons. The Kier molecular flexibility index (Phi) is 3.53. The van der Waals surface area contributed by atoms with Gasteiger partial charge in [0, 0.05) is 30.3 Å². The highest BCUT2D eigenvalue weighted by molar-refractivity contribution is 5.97. The topological polar surface area (TPSA) is 63.5 Å². The van der Waals surface area contributed by atoms with Crippen LogP contribution in [0.2, 0.25) is 0 Å². The molecule has 0 amide bonds. The molecule has 2 aliphatic rings. The fraction of sp³-hybridized carbons (Fsp3) is 0.533. The predicted molar refractivity (Wildman–Crippen MR) is 74.7 cm³/mol. The van der Waals surface area contributed by atoms with Gasteiger partial charge in [-0.05, 0) is 43.7 Å². The van der Waals surface area contributed by atoms with Gasteiger partial charge in [-0.25, -0.2) is 0 Å². The van der Waals surface area contributed by atoms with Crippen molar-refractivity contribution in [2.24, 2.45) is 5.92 Å². The second kappa shape index (κ2) is 5.32. The van der Waals surface area contributed by atoms with Gasteiger partial charge in [-0.15, -0.1) is 0 Å². The minimum atomic E-state index is -0.447. The maximum absolute atomic E-state index is 12.3. The molecule has 0 radical (unpaired) electrons. The molecule has 3 rings (SSSR count). The molecule has 0 atom stereocenters. The lowest BCUT2D eigenvalue weighted by Crippen LogP contribution is -2.33. The Morgan fingerprint density at radius 3 is 2.35 bits per heavy atom. The summed E-state index contributed by atoms with van der Waals surface area (Å²) in [5.41, 5.74) is 0.593. The number of hydrogen-bond acceptors (Lipinski definition) is 4. The lowest BCUT2D eigenvalue weighted by Gasteiger charge is -2.20. The third-order valence-corrected chi connectivity index (χ3v) is 4.00. The van der Waals surface area contributed by atoms with E-state index in [-0.39, 0.29) is 11.5 Å². The molecule has 0 bridgehead atoms. The molecule has 1 aromatic carbocycles. The summed E-state index contributed by atoms with van der Waals surface area (Å²) in [4.78, 5) is 24.7. The largest absolute Gasteiger partial charge is 0.293 e. The van der Waals surface area contributed by atoms with Gasteiger partial charge >= 0.3 is 0 Å². The molecule has 0 aromatic heterocycles. The van der Waals surface area contributed by atoms with Crippen molar-refractivity contribution in [3.05, 3.63) is 39.9 Å². The average Bonchev–Trinajstić information content (AvgIpc) is 3.30. The number of rotatable bonds is 7. The molecule has 1 aromatic rings. The highest BCUT2D eigenvalue weighted by Crippen LogP contribution is 2.34. The summed E-state index contributed by atoms with van der Waals surface area (Å²) < 4.78 is 0. The summed E-state index contributed by atoms with van der Waals surface area (Å²) in [6.45, 7) is 1.47. The molecule has 0 saturated heterocycles. The van der Waals surface area contributed by atoms with E-state index < -0.39 is 4.92 Å². The van der Waals surface area contributed by atoms with Crippen LogP contribution < -0.4 is 0 Å². The van der Waals surface area contributed by atoms with Gasteiger partial charge in [0.25, 0.3) is 5.69 Å². The fourth-order valence-corrected chi connectivity index (χ4v) is 2.46. The maximum atomic E-state index is 12.3. The number of hydrogen-bond donors (Lipinski definition) is 0. The minimum Gasteiger partial charge on any atom is -0.293 e. The van der Waals surface area contributed by atoms with Crippen LogP contribution in [0, 0.1) is 16.0 Å². The van der Waals surface area contributed by atoms with E-state index in [9.17, 15) is 14.9 Å². The standard InChI is InChI=1S/C15H18N2O3/c18-15(12-3-5-14(6-4-12)17(19)20)10-16(13-7-8-13)9-11-1-2-11/h3-6,11,13H,1-2,7-10H2. The van der Waals surface area contributed by atoms with Crippen molar-refractivity contribution in [2.45, 2.75) is 31.7 Å². The van der Waals surface area contributed by atoms with Crippen LogP contribution in [0.3, 0.4) is 0 Å². The first kappa shape index (κ1) is 13.2. The van der Waals surface area contributed by atoms with E-state index in [1.54, 1.807) is 12.1 Å². The van der Waals surface area contributed by atoms with Gasteiger partial charge in [0.05, 0.1) is 11.5 Å². The van der Waals surface area contributed by atoms with E-state index in [1.165, 1.54) is 37.8 Å². The summed E-state index contributed by atoms with van der Waals surface area (Å²) in [6.07, 6.45) is 4.96. The Labute approximate surface area is 117 Å². The van der Waals surface area contributed by atoms with Crippen molar-refractivity contribution in [2.75, 3.05) is 13.1 Å². The summed E-state index contributed by atoms with van der Waals surface area (Å²) in [6, 6.07) is 6.49. The zero-order valence-electron chi connectivity index (χ0n) is 11.3. The number of nitro benzene ring substituents is 1. The first-order valence-corrected chi connectivity index (χ1v) is 7.15. The number of carbonyl (C=O) groups excluding carboxylic acids is 1. The number of non-ortho nitro benzene ring substituents is 1. The molecule has 0 spiro atoms. The zero-order valence-corrected chi connectivity index (χ0v) is 11.3. The van der Waals surface area contributed by atoms with E-state index in [0.717, 1.165) is 12.5 Å². The lowest BCUT2D eigenvalue weighted by atomic mass is 10.1. The highest BCUT2D eigenvalue weighted by atomic mass is 16.6. The summed E-state index contributed by atoms with van der Waals surface area (Å²) in [7, 11) is 0. The van der Waals surface area contributed by atoms with Crippen molar-refractivity contribution < 1.29 is 9.72 Å². The third-order valence-electron chi connectivity index (χ3n) is 4.00. The van der Waals surface area contributed by atoms with Crippen LogP contribution in [-0.2, 0) is 0 Å². The van der Waals surface area contributed by atoms with Gasteiger partial charge in [0.2, 0.25) is 0 Å². The van der Waals surface area contributed by atoms with Crippen LogP contribution in [-0.4, -0.2) is 34.7 Å². The van der Waals surface area contributed by atoms with E-state index in [0.29, 0.717) is 18.2 Å². The van der Waals surface area contributed by atoms with Crippen molar-refractivity contribution >= 4 is 11.5 Å². The summed E-state index contributed by atoms with van der Waals surface area (Å²) in [5.74, 6) is 0.840. The van der Waals surface area contributed by atoms with Gasteiger partial charge in [0.15, 0.2) is 5.78 Å². The van der Waals surface area contributed by atoms with Crippen LogP contribution in [0.15, 0.2) is 24.3 Å². The van der Waals surface area contributed by atoms with E-state index >= 15 is 0 Å². The smallest absolute Gasteiger partial charge is 0.269 e. The normalized spacial score (nSPS) is 18.2. The van der Waals surface area contributed by atoms with Gasteiger partial charge in [0.1, 0.15) is 0 Å². The van der Waals surface area contributed by atoms with Crippen molar-refractivity contribution in [1.29, 1.82) is 0 Å². The number of benzene rings is 1. The molecule has 2 saturated carbocycles. The number of nitrogens with zero attached hydrogens (tertiary/aromatic N) is 2. The van der Waals surface area contributed by atoms with Crippen LogP contribution >= 0.6 is 0 Å². The Morgan fingerprint density at radius 2 is 1.85 bits per heavy atom. The molecule has 5 nitrogen and oxygen atoms in total.